The molecule has 1 aliphatic rings. The van der Waals surface area contributed by atoms with Crippen LogP contribution in [0.2, 0.25) is 0 Å². The fourth-order valence-electron chi connectivity index (χ4n) is 2.97. The molecule has 0 aromatic heterocycles. The summed E-state index contributed by atoms with van der Waals surface area (Å²) in [6.07, 6.45) is 1.55. The van der Waals surface area contributed by atoms with Crippen LogP contribution in [0, 0.1) is 20.8 Å². The maximum Gasteiger partial charge on any atom is 0.126 e. The number of aliphatic hydroxyl groups is 1. The summed E-state index contributed by atoms with van der Waals surface area (Å²) < 4.78 is 11.6. The van der Waals surface area contributed by atoms with Gasteiger partial charge in [0.25, 0.3) is 0 Å². The molecule has 0 spiro atoms. The van der Waals surface area contributed by atoms with Gasteiger partial charge in [-0.3, -0.25) is 0 Å². The van der Waals surface area contributed by atoms with E-state index < -0.39 is 5.60 Å². The van der Waals surface area contributed by atoms with E-state index in [1.54, 1.807) is 7.11 Å². The molecule has 1 aliphatic heterocycles. The van der Waals surface area contributed by atoms with Gasteiger partial charge in [0.2, 0.25) is 0 Å². The van der Waals surface area contributed by atoms with Gasteiger partial charge >= 0.3 is 0 Å². The van der Waals surface area contributed by atoms with Crippen molar-refractivity contribution < 1.29 is 14.6 Å². The van der Waals surface area contributed by atoms with Gasteiger partial charge in [0.15, 0.2) is 0 Å². The molecule has 3 heteroatoms. The summed E-state index contributed by atoms with van der Waals surface area (Å²) in [7, 11) is 1.71. The highest BCUT2D eigenvalue weighted by molar-refractivity contribution is 5.59. The molecule has 0 amide bonds. The Kier molecular flexibility index (Phi) is 3.52. The highest BCUT2D eigenvalue weighted by Gasteiger charge is 2.32. The minimum absolute atomic E-state index is 0.0545. The predicted molar refractivity (Wildman–Crippen MR) is 76.2 cm³/mol. The van der Waals surface area contributed by atoms with E-state index in [0.717, 1.165) is 29.0 Å². The molecule has 0 fully saturated rings. The Morgan fingerprint density at radius 2 is 1.84 bits per heavy atom. The number of hydrogen-bond acceptors (Lipinski definition) is 3. The summed E-state index contributed by atoms with van der Waals surface area (Å²) in [5.41, 5.74) is 3.99. The Bertz CT molecular complexity index is 498. The van der Waals surface area contributed by atoms with Crippen LogP contribution in [0.25, 0.3) is 0 Å². The number of ether oxygens (including phenoxy) is 2. The summed E-state index contributed by atoms with van der Waals surface area (Å²) in [6.45, 7) is 9.87. The lowest BCUT2D eigenvalue weighted by Gasteiger charge is -2.21. The smallest absolute Gasteiger partial charge is 0.126 e. The standard InChI is InChI=1S/C16H24O3/c1-9-10(2)15-13(11(3)14(9)18-6)7-12(19-15)8-16(4,5)17/h12,17H,7-8H2,1-6H3. The normalized spacial score (nSPS) is 18.2. The van der Waals surface area contributed by atoms with E-state index in [9.17, 15) is 5.11 Å². The highest BCUT2D eigenvalue weighted by Crippen LogP contribution is 2.43. The Labute approximate surface area is 115 Å². The zero-order valence-electron chi connectivity index (χ0n) is 12.8. The van der Waals surface area contributed by atoms with E-state index in [0.29, 0.717) is 6.42 Å². The summed E-state index contributed by atoms with van der Waals surface area (Å²) in [5.74, 6) is 1.95. The van der Waals surface area contributed by atoms with Crippen molar-refractivity contribution in [3.8, 4) is 11.5 Å². The van der Waals surface area contributed by atoms with Gasteiger partial charge in [0.05, 0.1) is 12.7 Å². The van der Waals surface area contributed by atoms with Crippen LogP contribution < -0.4 is 9.47 Å². The first-order valence-corrected chi connectivity index (χ1v) is 6.80. The molecule has 0 saturated carbocycles. The first-order valence-electron chi connectivity index (χ1n) is 6.80. The van der Waals surface area contributed by atoms with Crippen molar-refractivity contribution in [1.82, 2.24) is 0 Å². The molecule has 1 heterocycles. The van der Waals surface area contributed by atoms with Gasteiger partial charge < -0.3 is 14.6 Å². The van der Waals surface area contributed by atoms with Gasteiger partial charge in [-0.1, -0.05) is 0 Å². The van der Waals surface area contributed by atoms with E-state index >= 15 is 0 Å². The maximum atomic E-state index is 9.95. The molecule has 0 radical (unpaired) electrons. The van der Waals surface area contributed by atoms with Gasteiger partial charge in [-0.25, -0.2) is 0 Å². The largest absolute Gasteiger partial charge is 0.496 e. The van der Waals surface area contributed by atoms with E-state index in [2.05, 4.69) is 20.8 Å². The third-order valence-corrected chi connectivity index (χ3v) is 3.96. The lowest BCUT2D eigenvalue weighted by atomic mass is 9.93. The number of rotatable bonds is 3. The van der Waals surface area contributed by atoms with Crippen LogP contribution in [0.3, 0.4) is 0 Å². The molecule has 0 bridgehead atoms. The minimum Gasteiger partial charge on any atom is -0.496 e. The van der Waals surface area contributed by atoms with Crippen LogP contribution in [-0.4, -0.2) is 23.9 Å². The Balaban J connectivity index is 2.38. The van der Waals surface area contributed by atoms with E-state index in [1.807, 2.05) is 13.8 Å². The Hall–Kier alpha value is -1.22. The Morgan fingerprint density at radius 3 is 2.37 bits per heavy atom. The molecule has 1 N–H and O–H groups in total. The van der Waals surface area contributed by atoms with Gasteiger partial charge in [-0.2, -0.15) is 0 Å². The van der Waals surface area contributed by atoms with Gasteiger partial charge in [-0.05, 0) is 51.3 Å². The predicted octanol–water partition coefficient (Wildman–Crippen LogP) is 3.08. The molecule has 0 saturated heterocycles. The van der Waals surface area contributed by atoms with Crippen LogP contribution in [0.4, 0.5) is 0 Å². The molecule has 1 atom stereocenters. The van der Waals surface area contributed by atoms with E-state index in [-0.39, 0.29) is 6.10 Å². The summed E-state index contributed by atoms with van der Waals surface area (Å²) in [5, 5.41) is 9.95. The molecule has 106 valence electrons. The molecular formula is C16H24O3. The monoisotopic (exact) mass is 264 g/mol. The van der Waals surface area contributed by atoms with E-state index in [4.69, 9.17) is 9.47 Å². The number of benzene rings is 1. The first-order chi connectivity index (χ1) is 8.74. The Morgan fingerprint density at radius 1 is 1.21 bits per heavy atom. The summed E-state index contributed by atoms with van der Waals surface area (Å²) in [4.78, 5) is 0. The van der Waals surface area contributed by atoms with Crippen molar-refractivity contribution in [1.29, 1.82) is 0 Å². The second-order valence-corrected chi connectivity index (χ2v) is 6.18. The third kappa shape index (κ3) is 2.57. The second-order valence-electron chi connectivity index (χ2n) is 6.18. The van der Waals surface area contributed by atoms with Gasteiger partial charge in [0, 0.05) is 18.4 Å². The zero-order valence-corrected chi connectivity index (χ0v) is 12.8. The van der Waals surface area contributed by atoms with Crippen molar-refractivity contribution in [3.63, 3.8) is 0 Å². The topological polar surface area (TPSA) is 38.7 Å². The van der Waals surface area contributed by atoms with Crippen LogP contribution in [-0.2, 0) is 6.42 Å². The fraction of sp³-hybridized carbons (Fsp3) is 0.625. The molecular weight excluding hydrogens is 240 g/mol. The first kappa shape index (κ1) is 14.2. The SMILES string of the molecule is COc1c(C)c(C)c2c(c1C)CC(CC(C)(C)O)O2. The molecule has 0 aliphatic carbocycles. The van der Waals surface area contributed by atoms with Crippen molar-refractivity contribution in [2.24, 2.45) is 0 Å². The molecule has 19 heavy (non-hydrogen) atoms. The van der Waals surface area contributed by atoms with E-state index in [1.165, 1.54) is 11.1 Å². The van der Waals surface area contributed by atoms with Crippen LogP contribution >= 0.6 is 0 Å². The second kappa shape index (κ2) is 4.71. The molecule has 2 rings (SSSR count). The lowest BCUT2D eigenvalue weighted by Crippen LogP contribution is -2.28. The molecule has 1 aromatic carbocycles. The minimum atomic E-state index is -0.701. The maximum absolute atomic E-state index is 9.95. The third-order valence-electron chi connectivity index (χ3n) is 3.96. The average molecular weight is 264 g/mol. The molecule has 1 unspecified atom stereocenters. The molecule has 3 nitrogen and oxygen atoms in total. The lowest BCUT2D eigenvalue weighted by molar-refractivity contribution is 0.0331. The zero-order chi connectivity index (χ0) is 14.4. The quantitative estimate of drug-likeness (QED) is 0.911. The number of fused-ring (bicyclic) bond motifs is 1. The van der Waals surface area contributed by atoms with Crippen molar-refractivity contribution in [3.05, 3.63) is 22.3 Å². The van der Waals surface area contributed by atoms with Crippen molar-refractivity contribution in [2.45, 2.75) is 59.2 Å². The fourth-order valence-corrected chi connectivity index (χ4v) is 2.97. The highest BCUT2D eigenvalue weighted by atomic mass is 16.5. The van der Waals surface area contributed by atoms with Crippen LogP contribution in [0.15, 0.2) is 0 Å². The van der Waals surface area contributed by atoms with Crippen molar-refractivity contribution in [2.75, 3.05) is 7.11 Å². The summed E-state index contributed by atoms with van der Waals surface area (Å²) >= 11 is 0. The number of methoxy groups -OCH3 is 1. The summed E-state index contributed by atoms with van der Waals surface area (Å²) in [6, 6.07) is 0. The molecule has 1 aromatic rings. The van der Waals surface area contributed by atoms with Crippen molar-refractivity contribution >= 4 is 0 Å². The number of hydrogen-bond donors (Lipinski definition) is 1. The van der Waals surface area contributed by atoms with Crippen LogP contribution in [0.1, 0.15) is 42.5 Å². The average Bonchev–Trinajstić information content (AvgIpc) is 2.68. The van der Waals surface area contributed by atoms with Crippen LogP contribution in [0.5, 0.6) is 11.5 Å². The van der Waals surface area contributed by atoms with Gasteiger partial charge in [-0.15, -0.1) is 0 Å². The van der Waals surface area contributed by atoms with Gasteiger partial charge in [0.1, 0.15) is 17.6 Å².